The molecule has 1 aromatic heterocycles. The number of alkyl halides is 1. The smallest absolute Gasteiger partial charge is 0.147 e. The van der Waals surface area contributed by atoms with Gasteiger partial charge in [-0.25, -0.2) is 9.37 Å². The topological polar surface area (TPSA) is 17.8 Å². The van der Waals surface area contributed by atoms with Gasteiger partial charge in [0.05, 0.1) is 22.1 Å². The van der Waals surface area contributed by atoms with Crippen molar-refractivity contribution in [1.82, 2.24) is 9.55 Å². The van der Waals surface area contributed by atoms with Crippen molar-refractivity contribution in [3.8, 4) is 5.69 Å². The predicted octanol–water partition coefficient (Wildman–Crippen LogP) is 5.08. The fourth-order valence-corrected chi connectivity index (χ4v) is 2.76. The predicted molar refractivity (Wildman–Crippen MR) is 84.8 cm³/mol. The number of halogens is 2. The van der Waals surface area contributed by atoms with Gasteiger partial charge in [-0.05, 0) is 50.1 Å². The normalized spacial score (nSPS) is 12.8. The highest BCUT2D eigenvalue weighted by Gasteiger charge is 2.19. The summed E-state index contributed by atoms with van der Waals surface area (Å²) in [4.78, 5) is 4.58. The van der Waals surface area contributed by atoms with Gasteiger partial charge < -0.3 is 0 Å². The molecule has 108 valence electrons. The third-order valence-corrected chi connectivity index (χ3v) is 3.80. The Hall–Kier alpha value is -1.87. The Morgan fingerprint density at radius 1 is 1.19 bits per heavy atom. The highest BCUT2D eigenvalue weighted by atomic mass is 35.5. The van der Waals surface area contributed by atoms with Crippen molar-refractivity contribution in [2.24, 2.45) is 0 Å². The number of para-hydroxylation sites is 1. The number of fused-ring (bicyclic) bond motifs is 1. The molecule has 0 amide bonds. The van der Waals surface area contributed by atoms with Crippen LogP contribution in [0.1, 0.15) is 29.3 Å². The van der Waals surface area contributed by atoms with Crippen LogP contribution in [0, 0.1) is 19.7 Å². The third-order valence-electron chi connectivity index (χ3n) is 3.60. The van der Waals surface area contributed by atoms with Crippen LogP contribution in [0.4, 0.5) is 4.39 Å². The number of rotatable bonds is 2. The Bertz CT molecular complexity index is 821. The first-order valence-corrected chi connectivity index (χ1v) is 7.31. The van der Waals surface area contributed by atoms with Gasteiger partial charge >= 0.3 is 0 Å². The summed E-state index contributed by atoms with van der Waals surface area (Å²) in [7, 11) is 0. The van der Waals surface area contributed by atoms with E-state index < -0.39 is 0 Å². The lowest BCUT2D eigenvalue weighted by molar-refractivity contribution is 0.616. The molecule has 21 heavy (non-hydrogen) atoms. The van der Waals surface area contributed by atoms with E-state index in [0.717, 1.165) is 22.2 Å². The fraction of sp³-hybridized carbons (Fsp3) is 0.235. The number of benzene rings is 2. The van der Waals surface area contributed by atoms with Gasteiger partial charge in [0.25, 0.3) is 0 Å². The molecule has 0 bridgehead atoms. The average molecular weight is 303 g/mol. The second-order valence-corrected chi connectivity index (χ2v) is 5.97. The molecule has 0 aliphatic carbocycles. The first-order valence-electron chi connectivity index (χ1n) is 6.87. The van der Waals surface area contributed by atoms with Gasteiger partial charge in [0.1, 0.15) is 11.6 Å². The molecule has 0 saturated heterocycles. The molecule has 0 radical (unpaired) electrons. The lowest BCUT2D eigenvalue weighted by atomic mass is 10.1. The van der Waals surface area contributed by atoms with Crippen molar-refractivity contribution >= 4 is 22.6 Å². The zero-order valence-corrected chi connectivity index (χ0v) is 12.9. The van der Waals surface area contributed by atoms with E-state index in [1.807, 2.05) is 49.6 Å². The van der Waals surface area contributed by atoms with E-state index in [9.17, 15) is 4.39 Å². The van der Waals surface area contributed by atoms with Crippen LogP contribution in [0.2, 0.25) is 0 Å². The summed E-state index contributed by atoms with van der Waals surface area (Å²) < 4.78 is 16.2. The first kappa shape index (κ1) is 14.1. The maximum Gasteiger partial charge on any atom is 0.147 e. The van der Waals surface area contributed by atoms with E-state index in [4.69, 9.17) is 11.6 Å². The molecular formula is C17H16ClFN2. The molecule has 0 aliphatic rings. The Morgan fingerprint density at radius 2 is 1.95 bits per heavy atom. The molecule has 0 fully saturated rings. The van der Waals surface area contributed by atoms with Crippen LogP contribution in [-0.2, 0) is 0 Å². The molecular weight excluding hydrogens is 287 g/mol. The number of aromatic nitrogens is 2. The molecule has 1 unspecified atom stereocenters. The van der Waals surface area contributed by atoms with Crippen molar-refractivity contribution in [3.05, 3.63) is 59.2 Å². The van der Waals surface area contributed by atoms with E-state index >= 15 is 0 Å². The van der Waals surface area contributed by atoms with Gasteiger partial charge in [-0.2, -0.15) is 0 Å². The summed E-state index contributed by atoms with van der Waals surface area (Å²) in [5, 5.41) is -0.309. The second-order valence-electron chi connectivity index (χ2n) is 5.32. The van der Waals surface area contributed by atoms with Gasteiger partial charge in [-0.15, -0.1) is 11.6 Å². The molecule has 0 aliphatic heterocycles. The second kappa shape index (κ2) is 5.15. The Labute approximate surface area is 128 Å². The standard InChI is InChI=1S/C17H16ClFN2/c1-10-7-8-13(19)15(9-10)21-16-11(2)5-4-6-14(16)20-17(21)12(3)18/h4-9,12H,1-3H3. The molecule has 0 saturated carbocycles. The summed E-state index contributed by atoms with van der Waals surface area (Å²) >= 11 is 6.27. The van der Waals surface area contributed by atoms with Crippen molar-refractivity contribution < 1.29 is 4.39 Å². The van der Waals surface area contributed by atoms with Crippen LogP contribution < -0.4 is 0 Å². The van der Waals surface area contributed by atoms with Crippen molar-refractivity contribution in [2.75, 3.05) is 0 Å². The Morgan fingerprint density at radius 3 is 2.67 bits per heavy atom. The highest BCUT2D eigenvalue weighted by molar-refractivity contribution is 6.20. The van der Waals surface area contributed by atoms with E-state index in [-0.39, 0.29) is 11.2 Å². The zero-order valence-electron chi connectivity index (χ0n) is 12.2. The SMILES string of the molecule is Cc1ccc(F)c(-n2c(C(C)Cl)nc3cccc(C)c32)c1. The maximum absolute atomic E-state index is 14.3. The monoisotopic (exact) mass is 302 g/mol. The van der Waals surface area contributed by atoms with Crippen LogP contribution >= 0.6 is 11.6 Å². The Balaban J connectivity index is 2.44. The largest absolute Gasteiger partial charge is 0.292 e. The van der Waals surface area contributed by atoms with Gasteiger partial charge in [0.15, 0.2) is 0 Å². The molecule has 4 heteroatoms. The number of aryl methyl sites for hydroxylation is 2. The first-order chi connectivity index (χ1) is 9.99. The molecule has 2 aromatic carbocycles. The molecule has 0 spiro atoms. The number of imidazole rings is 1. The van der Waals surface area contributed by atoms with E-state index in [2.05, 4.69) is 4.98 Å². The average Bonchev–Trinajstić information content (AvgIpc) is 2.82. The van der Waals surface area contributed by atoms with Gasteiger partial charge in [-0.1, -0.05) is 18.2 Å². The molecule has 1 atom stereocenters. The fourth-order valence-electron chi connectivity index (χ4n) is 2.62. The van der Waals surface area contributed by atoms with Crippen LogP contribution in [0.15, 0.2) is 36.4 Å². The number of hydrogen-bond acceptors (Lipinski definition) is 1. The molecule has 0 N–H and O–H groups in total. The van der Waals surface area contributed by atoms with Crippen molar-refractivity contribution in [2.45, 2.75) is 26.1 Å². The van der Waals surface area contributed by atoms with Crippen LogP contribution in [0.5, 0.6) is 0 Å². The minimum absolute atomic E-state index is 0.276. The Kier molecular flexibility index (Phi) is 3.46. The number of nitrogens with zero attached hydrogens (tertiary/aromatic N) is 2. The van der Waals surface area contributed by atoms with Crippen molar-refractivity contribution in [1.29, 1.82) is 0 Å². The van der Waals surface area contributed by atoms with Crippen LogP contribution in [0.3, 0.4) is 0 Å². The van der Waals surface area contributed by atoms with Gasteiger partial charge in [0, 0.05) is 0 Å². The quantitative estimate of drug-likeness (QED) is 0.604. The third kappa shape index (κ3) is 2.32. The summed E-state index contributed by atoms with van der Waals surface area (Å²) in [6, 6.07) is 10.9. The van der Waals surface area contributed by atoms with Gasteiger partial charge in [0.2, 0.25) is 0 Å². The molecule has 1 heterocycles. The summed E-state index contributed by atoms with van der Waals surface area (Å²) in [6.07, 6.45) is 0. The lowest BCUT2D eigenvalue weighted by Gasteiger charge is -2.13. The van der Waals surface area contributed by atoms with Crippen LogP contribution in [0.25, 0.3) is 16.7 Å². The van der Waals surface area contributed by atoms with E-state index in [1.165, 1.54) is 6.07 Å². The van der Waals surface area contributed by atoms with E-state index in [1.54, 1.807) is 6.07 Å². The number of hydrogen-bond donors (Lipinski definition) is 0. The zero-order chi connectivity index (χ0) is 15.1. The summed E-state index contributed by atoms with van der Waals surface area (Å²) in [5.74, 6) is 0.382. The van der Waals surface area contributed by atoms with E-state index in [0.29, 0.717) is 11.5 Å². The lowest BCUT2D eigenvalue weighted by Crippen LogP contribution is -2.05. The molecule has 3 rings (SSSR count). The molecule has 2 nitrogen and oxygen atoms in total. The molecule has 3 aromatic rings. The highest BCUT2D eigenvalue weighted by Crippen LogP contribution is 2.31. The minimum atomic E-state index is -0.309. The minimum Gasteiger partial charge on any atom is -0.292 e. The van der Waals surface area contributed by atoms with Crippen LogP contribution in [-0.4, -0.2) is 9.55 Å². The summed E-state index contributed by atoms with van der Waals surface area (Å²) in [6.45, 7) is 5.79. The maximum atomic E-state index is 14.3. The van der Waals surface area contributed by atoms with Crippen molar-refractivity contribution in [3.63, 3.8) is 0 Å². The summed E-state index contributed by atoms with van der Waals surface area (Å²) in [5.41, 5.74) is 4.27. The van der Waals surface area contributed by atoms with Gasteiger partial charge in [-0.3, -0.25) is 4.57 Å².